The minimum absolute atomic E-state index is 0.0360. The number of aromatic nitrogens is 2. The number of thioether (sulfide) groups is 1. The van der Waals surface area contributed by atoms with Gasteiger partial charge in [0.15, 0.2) is 16.7 Å². The molecule has 3 rings (SSSR count). The summed E-state index contributed by atoms with van der Waals surface area (Å²) < 4.78 is 10.8. The average Bonchev–Trinajstić information content (AvgIpc) is 2.90. The van der Waals surface area contributed by atoms with Gasteiger partial charge >= 0.3 is 0 Å². The molecule has 37 heavy (non-hydrogen) atoms. The van der Waals surface area contributed by atoms with Crippen molar-refractivity contribution >= 4 is 23.5 Å². The van der Waals surface area contributed by atoms with Crippen LogP contribution in [0.5, 0.6) is 11.5 Å². The third kappa shape index (κ3) is 7.86. The molecular weight excluding hydrogens is 484 g/mol. The smallest absolute Gasteiger partial charge is 0.251 e. The van der Waals surface area contributed by atoms with Crippen LogP contribution in [0.15, 0.2) is 47.6 Å². The number of hydrogen-bond donors (Lipinski definition) is 1. The number of hydrogen-bond acceptors (Lipinski definition) is 7. The van der Waals surface area contributed by atoms with E-state index in [4.69, 9.17) is 19.4 Å². The molecule has 0 aliphatic rings. The SMILES string of the molecule is COc1ccc(CCN(C)c2nc(SCc3ccc(C(=O)NCC(C)C)cc3)nc(C)c2C)cc1OC. The molecule has 0 aliphatic carbocycles. The fraction of sp³-hybridized carbons (Fsp3) is 0.414. The van der Waals surface area contributed by atoms with Crippen LogP contribution in [0.25, 0.3) is 0 Å². The lowest BCUT2D eigenvalue weighted by Gasteiger charge is -2.22. The summed E-state index contributed by atoms with van der Waals surface area (Å²) >= 11 is 1.60. The van der Waals surface area contributed by atoms with E-state index in [1.165, 1.54) is 5.56 Å². The molecule has 1 heterocycles. The minimum Gasteiger partial charge on any atom is -0.493 e. The number of amides is 1. The van der Waals surface area contributed by atoms with E-state index in [0.29, 0.717) is 18.0 Å². The van der Waals surface area contributed by atoms with E-state index >= 15 is 0 Å². The number of nitrogens with one attached hydrogen (secondary N) is 1. The zero-order chi connectivity index (χ0) is 26.9. The molecular formula is C29H38N4O3S. The van der Waals surface area contributed by atoms with Crippen LogP contribution >= 0.6 is 11.8 Å². The zero-order valence-corrected chi connectivity index (χ0v) is 23.7. The topological polar surface area (TPSA) is 76.6 Å². The lowest BCUT2D eigenvalue weighted by Crippen LogP contribution is -2.27. The van der Waals surface area contributed by atoms with Crippen molar-refractivity contribution < 1.29 is 14.3 Å². The van der Waals surface area contributed by atoms with Gasteiger partial charge in [0, 0.05) is 42.7 Å². The van der Waals surface area contributed by atoms with E-state index in [9.17, 15) is 4.79 Å². The Balaban J connectivity index is 1.63. The molecule has 2 aromatic carbocycles. The first kappa shape index (κ1) is 28.3. The largest absolute Gasteiger partial charge is 0.493 e. The van der Waals surface area contributed by atoms with Crippen LogP contribution in [0.4, 0.5) is 5.82 Å². The van der Waals surface area contributed by atoms with E-state index < -0.39 is 0 Å². The second kappa shape index (κ2) is 13.3. The van der Waals surface area contributed by atoms with E-state index in [0.717, 1.165) is 58.0 Å². The standard InChI is InChI=1S/C29H38N4O3S/c1-19(2)17-30-28(34)24-11-8-23(9-12-24)18-37-29-31-21(4)20(3)27(32-29)33(5)15-14-22-10-13-25(35-6)26(16-22)36-7/h8-13,16,19H,14-15,17-18H2,1-7H3,(H,30,34). The van der Waals surface area contributed by atoms with Crippen molar-refractivity contribution in [2.45, 2.75) is 45.0 Å². The molecule has 0 spiro atoms. The second-order valence-corrected chi connectivity index (χ2v) is 10.4. The summed E-state index contributed by atoms with van der Waals surface area (Å²) in [6.45, 7) is 9.73. The molecule has 1 amide bonds. The van der Waals surface area contributed by atoms with Gasteiger partial charge in [0.05, 0.1) is 14.2 Å². The molecule has 198 valence electrons. The lowest BCUT2D eigenvalue weighted by molar-refractivity contribution is 0.0949. The highest BCUT2D eigenvalue weighted by Crippen LogP contribution is 2.29. The van der Waals surface area contributed by atoms with E-state index in [1.54, 1.807) is 26.0 Å². The second-order valence-electron chi connectivity index (χ2n) is 9.49. The van der Waals surface area contributed by atoms with Gasteiger partial charge < -0.3 is 19.7 Å². The number of nitrogens with zero attached hydrogens (tertiary/aromatic N) is 3. The van der Waals surface area contributed by atoms with Crippen molar-refractivity contribution in [1.82, 2.24) is 15.3 Å². The van der Waals surface area contributed by atoms with Crippen molar-refractivity contribution in [3.63, 3.8) is 0 Å². The lowest BCUT2D eigenvalue weighted by atomic mass is 10.1. The molecule has 0 saturated carbocycles. The number of aryl methyl sites for hydroxylation is 1. The molecule has 0 aliphatic heterocycles. The van der Waals surface area contributed by atoms with Gasteiger partial charge in [-0.15, -0.1) is 0 Å². The van der Waals surface area contributed by atoms with E-state index in [1.807, 2.05) is 43.3 Å². The van der Waals surface area contributed by atoms with Crippen LogP contribution in [-0.2, 0) is 12.2 Å². The number of rotatable bonds is 12. The monoisotopic (exact) mass is 522 g/mol. The minimum atomic E-state index is -0.0360. The van der Waals surface area contributed by atoms with E-state index in [2.05, 4.69) is 44.1 Å². The Kier molecular flexibility index (Phi) is 10.2. The van der Waals surface area contributed by atoms with Crippen molar-refractivity contribution in [3.8, 4) is 11.5 Å². The zero-order valence-electron chi connectivity index (χ0n) is 22.9. The van der Waals surface area contributed by atoms with Gasteiger partial charge in [-0.3, -0.25) is 4.79 Å². The average molecular weight is 523 g/mol. The fourth-order valence-corrected chi connectivity index (χ4v) is 4.60. The molecule has 0 fully saturated rings. The predicted molar refractivity (Wildman–Crippen MR) is 151 cm³/mol. The third-order valence-corrected chi connectivity index (χ3v) is 7.06. The molecule has 0 bridgehead atoms. The van der Waals surface area contributed by atoms with Gasteiger partial charge in [0.2, 0.25) is 0 Å². The number of likely N-dealkylation sites (N-methyl/N-ethyl adjacent to an activating group) is 1. The molecule has 0 unspecified atom stereocenters. The Morgan fingerprint density at radius 1 is 1.00 bits per heavy atom. The first-order valence-electron chi connectivity index (χ1n) is 12.5. The summed E-state index contributed by atoms with van der Waals surface area (Å²) in [6.07, 6.45) is 0.846. The van der Waals surface area contributed by atoms with Crippen LogP contribution in [0.3, 0.4) is 0 Å². The quantitative estimate of drug-likeness (QED) is 0.250. The van der Waals surface area contributed by atoms with Crippen molar-refractivity contribution in [2.24, 2.45) is 5.92 Å². The van der Waals surface area contributed by atoms with Crippen LogP contribution < -0.4 is 19.7 Å². The van der Waals surface area contributed by atoms with Crippen LogP contribution in [-0.4, -0.2) is 50.2 Å². The fourth-order valence-electron chi connectivity index (χ4n) is 3.76. The molecule has 0 saturated heterocycles. The first-order chi connectivity index (χ1) is 17.7. The normalized spacial score (nSPS) is 10.9. The van der Waals surface area contributed by atoms with E-state index in [-0.39, 0.29) is 5.91 Å². The maximum atomic E-state index is 12.3. The Morgan fingerprint density at radius 3 is 2.32 bits per heavy atom. The molecule has 0 radical (unpaired) electrons. The Morgan fingerprint density at radius 2 is 1.68 bits per heavy atom. The summed E-state index contributed by atoms with van der Waals surface area (Å²) in [4.78, 5) is 24.0. The van der Waals surface area contributed by atoms with Crippen LogP contribution in [0, 0.1) is 19.8 Å². The molecule has 3 aromatic rings. The Bertz CT molecular complexity index is 1200. The van der Waals surface area contributed by atoms with Crippen molar-refractivity contribution in [1.29, 1.82) is 0 Å². The first-order valence-corrected chi connectivity index (χ1v) is 13.5. The third-order valence-electron chi connectivity index (χ3n) is 6.14. The highest BCUT2D eigenvalue weighted by atomic mass is 32.2. The van der Waals surface area contributed by atoms with Gasteiger partial charge in [-0.2, -0.15) is 0 Å². The number of carbonyl (C=O) groups is 1. The van der Waals surface area contributed by atoms with Gasteiger partial charge in [-0.1, -0.05) is 43.8 Å². The molecule has 1 N–H and O–H groups in total. The number of anilines is 1. The molecule has 0 atom stereocenters. The number of ether oxygens (including phenoxy) is 2. The molecule has 8 heteroatoms. The van der Waals surface area contributed by atoms with Crippen molar-refractivity contribution in [3.05, 3.63) is 70.4 Å². The van der Waals surface area contributed by atoms with Crippen LogP contribution in [0.2, 0.25) is 0 Å². The maximum Gasteiger partial charge on any atom is 0.251 e. The Labute approximate surface area is 225 Å². The van der Waals surface area contributed by atoms with Crippen molar-refractivity contribution in [2.75, 3.05) is 39.3 Å². The maximum absolute atomic E-state index is 12.3. The summed E-state index contributed by atoms with van der Waals surface area (Å²) in [5.41, 5.74) is 5.02. The summed E-state index contributed by atoms with van der Waals surface area (Å²) in [6, 6.07) is 13.8. The number of benzene rings is 2. The van der Waals surface area contributed by atoms with Gasteiger partial charge in [0.25, 0.3) is 5.91 Å². The summed E-state index contributed by atoms with van der Waals surface area (Å²) in [7, 11) is 5.36. The Hall–Kier alpha value is -3.26. The van der Waals surface area contributed by atoms with Gasteiger partial charge in [-0.25, -0.2) is 9.97 Å². The summed E-state index contributed by atoms with van der Waals surface area (Å²) in [5, 5.41) is 3.70. The highest BCUT2D eigenvalue weighted by Gasteiger charge is 2.14. The van der Waals surface area contributed by atoms with Crippen LogP contribution in [0.1, 0.15) is 46.6 Å². The molecule has 1 aromatic heterocycles. The van der Waals surface area contributed by atoms with Gasteiger partial charge in [-0.05, 0) is 61.6 Å². The number of carbonyl (C=O) groups excluding carboxylic acids is 1. The molecule has 7 nitrogen and oxygen atoms in total. The summed E-state index contributed by atoms with van der Waals surface area (Å²) in [5.74, 6) is 3.52. The predicted octanol–water partition coefficient (Wildman–Crippen LogP) is 5.47. The van der Waals surface area contributed by atoms with Gasteiger partial charge in [0.1, 0.15) is 5.82 Å². The number of methoxy groups -OCH3 is 2. The highest BCUT2D eigenvalue weighted by molar-refractivity contribution is 7.98.